The summed E-state index contributed by atoms with van der Waals surface area (Å²) in [6.45, 7) is 3.27. The van der Waals surface area contributed by atoms with Crippen molar-refractivity contribution in [2.45, 2.75) is 31.5 Å². The molecule has 7 nitrogen and oxygen atoms in total. The molecule has 1 N–H and O–H groups in total. The highest BCUT2D eigenvalue weighted by atomic mass is 16.7. The van der Waals surface area contributed by atoms with Crippen LogP contribution in [-0.2, 0) is 16.0 Å². The van der Waals surface area contributed by atoms with Crippen molar-refractivity contribution in [1.82, 2.24) is 20.2 Å². The summed E-state index contributed by atoms with van der Waals surface area (Å²) in [5.41, 5.74) is 3.88. The number of likely N-dealkylation sites (tertiary alicyclic amines) is 1. The largest absolute Gasteiger partial charge is 0.462 e. The number of fused-ring (bicyclic) bond motifs is 2. The van der Waals surface area contributed by atoms with Crippen molar-refractivity contribution in [3.8, 4) is 17.3 Å². The third kappa shape index (κ3) is 4.21. The molecule has 1 saturated heterocycles. The fourth-order valence-corrected chi connectivity index (χ4v) is 4.74. The Bertz CT molecular complexity index is 1080. The number of likely N-dealkylation sites (N-methyl/N-ethyl adjacent to an activating group) is 1. The number of aromatic nitrogens is 2. The fourth-order valence-electron chi connectivity index (χ4n) is 4.74. The van der Waals surface area contributed by atoms with E-state index in [1.54, 1.807) is 7.11 Å². The van der Waals surface area contributed by atoms with E-state index in [-0.39, 0.29) is 12.9 Å². The molecule has 0 bridgehead atoms. The first-order valence-electron chi connectivity index (χ1n) is 11.3. The second-order valence-electron chi connectivity index (χ2n) is 8.52. The lowest BCUT2D eigenvalue weighted by molar-refractivity contribution is -0.0747. The highest BCUT2D eigenvalue weighted by Crippen LogP contribution is 2.37. The molecular formula is C25H30N4O3. The Kier molecular flexibility index (Phi) is 6.32. The number of nitrogens with one attached hydrogen (secondary N) is 1. The third-order valence-electron chi connectivity index (χ3n) is 6.46. The van der Waals surface area contributed by atoms with Gasteiger partial charge in [-0.05, 0) is 37.2 Å². The van der Waals surface area contributed by atoms with E-state index < -0.39 is 0 Å². The third-order valence-corrected chi connectivity index (χ3v) is 6.46. The number of hydrogen-bond acceptors (Lipinski definition) is 7. The van der Waals surface area contributed by atoms with Gasteiger partial charge in [0.1, 0.15) is 19.5 Å². The van der Waals surface area contributed by atoms with Crippen LogP contribution in [0.1, 0.15) is 30.2 Å². The summed E-state index contributed by atoms with van der Waals surface area (Å²) in [4.78, 5) is 12.1. The molecule has 2 aliphatic rings. The van der Waals surface area contributed by atoms with Gasteiger partial charge in [0.2, 0.25) is 0 Å². The second kappa shape index (κ2) is 9.50. The fraction of sp³-hybridized carbons (Fsp3) is 0.440. The molecule has 2 aromatic carbocycles. The van der Waals surface area contributed by atoms with Crippen LogP contribution in [-0.4, -0.2) is 61.6 Å². The number of benzene rings is 2. The molecule has 2 atom stereocenters. The highest BCUT2D eigenvalue weighted by molar-refractivity contribution is 5.96. The maximum Gasteiger partial charge on any atom is 0.317 e. The van der Waals surface area contributed by atoms with Crippen molar-refractivity contribution in [2.24, 2.45) is 0 Å². The normalized spacial score (nSPS) is 21.1. The smallest absolute Gasteiger partial charge is 0.317 e. The first kappa shape index (κ1) is 21.3. The minimum atomic E-state index is -0.192. The topological polar surface area (TPSA) is 68.7 Å². The minimum absolute atomic E-state index is 0.192. The van der Waals surface area contributed by atoms with E-state index in [1.165, 1.54) is 11.8 Å². The maximum atomic E-state index is 6.16. The summed E-state index contributed by atoms with van der Waals surface area (Å²) in [6.07, 6.45) is 2.16. The van der Waals surface area contributed by atoms with E-state index in [1.807, 2.05) is 0 Å². The quantitative estimate of drug-likeness (QED) is 0.571. The summed E-state index contributed by atoms with van der Waals surface area (Å²) in [5.74, 6) is 0. The Morgan fingerprint density at radius 2 is 2.00 bits per heavy atom. The Morgan fingerprint density at radius 1 is 1.12 bits per heavy atom. The molecule has 32 heavy (non-hydrogen) atoms. The molecule has 1 aromatic heterocycles. The van der Waals surface area contributed by atoms with Crippen molar-refractivity contribution < 1.29 is 14.2 Å². The van der Waals surface area contributed by atoms with Crippen LogP contribution >= 0.6 is 0 Å². The summed E-state index contributed by atoms with van der Waals surface area (Å²) < 4.78 is 17.4. The van der Waals surface area contributed by atoms with Crippen LogP contribution in [0, 0.1) is 0 Å². The molecule has 168 valence electrons. The molecule has 0 aliphatic carbocycles. The SMILES string of the molecule is COCOC1CNCc2nc(OCC3CCCN3C)nc(-c3cccc4ccccc34)c21. The van der Waals surface area contributed by atoms with Crippen molar-refractivity contribution in [3.05, 3.63) is 53.7 Å². The molecule has 2 aliphatic heterocycles. The van der Waals surface area contributed by atoms with Crippen molar-refractivity contribution in [2.75, 3.05) is 40.6 Å². The summed E-state index contributed by atoms with van der Waals surface area (Å²) in [7, 11) is 3.79. The monoisotopic (exact) mass is 434 g/mol. The van der Waals surface area contributed by atoms with E-state index in [0.29, 0.717) is 31.7 Å². The van der Waals surface area contributed by atoms with Gasteiger partial charge in [-0.25, -0.2) is 0 Å². The van der Waals surface area contributed by atoms with E-state index in [9.17, 15) is 0 Å². The van der Waals surface area contributed by atoms with Crippen LogP contribution in [0.3, 0.4) is 0 Å². The van der Waals surface area contributed by atoms with Crippen LogP contribution in [0.5, 0.6) is 6.01 Å². The van der Waals surface area contributed by atoms with Crippen LogP contribution in [0.25, 0.3) is 22.0 Å². The Labute approximate surface area is 188 Å². The average molecular weight is 435 g/mol. The molecule has 1 fully saturated rings. The zero-order chi connectivity index (χ0) is 21.9. The van der Waals surface area contributed by atoms with E-state index >= 15 is 0 Å². The molecule has 0 amide bonds. The standard InChI is InChI=1S/C25H30N4O3/c1-29-12-6-9-18(29)15-31-25-27-21-13-26-14-22(32-16-30-2)23(21)24(28-25)20-11-5-8-17-7-3-4-10-19(17)20/h3-5,7-8,10-11,18,22,26H,6,9,12-16H2,1-2H3. The van der Waals surface area contributed by atoms with Gasteiger partial charge in [-0.3, -0.25) is 0 Å². The summed E-state index contributed by atoms with van der Waals surface area (Å²) in [6, 6.07) is 15.5. The van der Waals surface area contributed by atoms with Gasteiger partial charge in [-0.1, -0.05) is 42.5 Å². The Morgan fingerprint density at radius 3 is 2.84 bits per heavy atom. The van der Waals surface area contributed by atoms with Gasteiger partial charge >= 0.3 is 6.01 Å². The molecule has 0 radical (unpaired) electrons. The average Bonchev–Trinajstić information content (AvgIpc) is 3.25. The van der Waals surface area contributed by atoms with Gasteiger partial charge in [-0.15, -0.1) is 0 Å². The van der Waals surface area contributed by atoms with Gasteiger partial charge in [0, 0.05) is 37.4 Å². The Hall–Kier alpha value is -2.58. The summed E-state index contributed by atoms with van der Waals surface area (Å²) in [5, 5.41) is 5.74. The number of methoxy groups -OCH3 is 1. The molecule has 3 aromatic rings. The maximum absolute atomic E-state index is 6.16. The predicted molar refractivity (Wildman–Crippen MR) is 124 cm³/mol. The molecule has 0 saturated carbocycles. The van der Waals surface area contributed by atoms with Gasteiger partial charge in [0.15, 0.2) is 0 Å². The molecule has 0 spiro atoms. The van der Waals surface area contributed by atoms with Crippen LogP contribution in [0.4, 0.5) is 0 Å². The number of hydrogen-bond donors (Lipinski definition) is 1. The van der Waals surface area contributed by atoms with Gasteiger partial charge in [0.05, 0.1) is 11.4 Å². The lowest BCUT2D eigenvalue weighted by atomic mass is 9.94. The molecular weight excluding hydrogens is 404 g/mol. The van der Waals surface area contributed by atoms with E-state index in [4.69, 9.17) is 24.2 Å². The second-order valence-corrected chi connectivity index (χ2v) is 8.52. The lowest BCUT2D eigenvalue weighted by Gasteiger charge is -2.28. The van der Waals surface area contributed by atoms with Crippen molar-refractivity contribution >= 4 is 10.8 Å². The molecule has 7 heteroatoms. The molecule has 2 unspecified atom stereocenters. The van der Waals surface area contributed by atoms with Crippen molar-refractivity contribution in [3.63, 3.8) is 0 Å². The number of ether oxygens (including phenoxy) is 3. The minimum Gasteiger partial charge on any atom is -0.462 e. The van der Waals surface area contributed by atoms with E-state index in [0.717, 1.165) is 40.9 Å². The van der Waals surface area contributed by atoms with Crippen LogP contribution in [0.2, 0.25) is 0 Å². The first-order valence-corrected chi connectivity index (χ1v) is 11.3. The Balaban J connectivity index is 1.58. The highest BCUT2D eigenvalue weighted by Gasteiger charge is 2.29. The molecule has 5 rings (SSSR count). The zero-order valence-electron chi connectivity index (χ0n) is 18.7. The van der Waals surface area contributed by atoms with Crippen LogP contribution in [0.15, 0.2) is 42.5 Å². The van der Waals surface area contributed by atoms with Gasteiger partial charge in [0.25, 0.3) is 0 Å². The molecule has 3 heterocycles. The zero-order valence-corrected chi connectivity index (χ0v) is 18.7. The van der Waals surface area contributed by atoms with E-state index in [2.05, 4.69) is 59.7 Å². The first-order chi connectivity index (χ1) is 15.7. The predicted octanol–water partition coefficient (Wildman–Crippen LogP) is 3.53. The van der Waals surface area contributed by atoms with Gasteiger partial charge in [-0.2, -0.15) is 9.97 Å². The summed E-state index contributed by atoms with van der Waals surface area (Å²) >= 11 is 0. The number of nitrogens with zero attached hydrogens (tertiary/aromatic N) is 3. The van der Waals surface area contributed by atoms with Crippen LogP contribution < -0.4 is 10.1 Å². The van der Waals surface area contributed by atoms with Crippen molar-refractivity contribution in [1.29, 1.82) is 0 Å². The number of rotatable bonds is 7. The lowest BCUT2D eigenvalue weighted by Crippen LogP contribution is -2.33. The van der Waals surface area contributed by atoms with Gasteiger partial charge < -0.3 is 24.4 Å².